The Morgan fingerprint density at radius 1 is 1.21 bits per heavy atom. The van der Waals surface area contributed by atoms with Gasteiger partial charge in [0.2, 0.25) is 11.2 Å². The van der Waals surface area contributed by atoms with Crippen LogP contribution in [0.4, 0.5) is 5.95 Å². The van der Waals surface area contributed by atoms with Crippen molar-refractivity contribution >= 4 is 29.3 Å². The maximum atomic E-state index is 5.88. The van der Waals surface area contributed by atoms with Crippen molar-refractivity contribution in [2.24, 2.45) is 0 Å². The molecule has 0 saturated carbocycles. The van der Waals surface area contributed by atoms with Gasteiger partial charge in [0.25, 0.3) is 0 Å². The zero-order valence-electron chi connectivity index (χ0n) is 10.9. The minimum atomic E-state index is 0.221. The second-order valence-corrected chi connectivity index (χ2v) is 5.24. The highest BCUT2D eigenvalue weighted by atomic mass is 35.5. The highest BCUT2D eigenvalue weighted by Crippen LogP contribution is 2.22. The molecule has 0 fully saturated rings. The Balaban J connectivity index is 2.09. The fourth-order valence-corrected chi connectivity index (χ4v) is 2.67. The third-order valence-corrected chi connectivity index (χ3v) is 3.61. The highest BCUT2D eigenvalue weighted by Gasteiger charge is 2.06. The molecule has 0 aliphatic rings. The van der Waals surface area contributed by atoms with Crippen molar-refractivity contribution in [3.8, 4) is 0 Å². The third kappa shape index (κ3) is 4.08. The molecule has 1 heterocycles. The van der Waals surface area contributed by atoms with Crippen LogP contribution in [0.3, 0.4) is 0 Å². The van der Waals surface area contributed by atoms with Crippen molar-refractivity contribution in [2.75, 3.05) is 11.9 Å². The number of nitrogens with one attached hydrogen (secondary N) is 1. The molecule has 0 aliphatic heterocycles. The predicted molar refractivity (Wildman–Crippen MR) is 79.7 cm³/mol. The van der Waals surface area contributed by atoms with Gasteiger partial charge in [-0.15, -0.1) is 0 Å². The normalized spacial score (nSPS) is 10.5. The third-order valence-electron chi connectivity index (χ3n) is 2.54. The van der Waals surface area contributed by atoms with Crippen LogP contribution in [0.15, 0.2) is 29.4 Å². The molecule has 1 aromatic carbocycles. The summed E-state index contributed by atoms with van der Waals surface area (Å²) in [7, 11) is 0. The molecule has 0 saturated heterocycles. The van der Waals surface area contributed by atoms with E-state index in [-0.39, 0.29) is 5.28 Å². The second-order valence-electron chi connectivity index (χ2n) is 3.96. The van der Waals surface area contributed by atoms with Gasteiger partial charge < -0.3 is 5.32 Å². The van der Waals surface area contributed by atoms with Gasteiger partial charge in [0.1, 0.15) is 0 Å². The number of anilines is 1. The zero-order chi connectivity index (χ0) is 13.7. The van der Waals surface area contributed by atoms with Crippen molar-refractivity contribution in [1.82, 2.24) is 15.0 Å². The Bertz CT molecular complexity index is 562. The van der Waals surface area contributed by atoms with Gasteiger partial charge in [-0.1, -0.05) is 36.0 Å². The number of benzene rings is 1. The fraction of sp³-hybridized carbons (Fsp3) is 0.308. The Hall–Kier alpha value is -1.33. The lowest BCUT2D eigenvalue weighted by Gasteiger charge is -2.06. The number of aryl methyl sites for hydroxylation is 1. The van der Waals surface area contributed by atoms with Crippen molar-refractivity contribution in [3.05, 3.63) is 40.7 Å². The molecule has 100 valence electrons. The summed E-state index contributed by atoms with van der Waals surface area (Å²) >= 11 is 7.44. The van der Waals surface area contributed by atoms with Gasteiger partial charge >= 0.3 is 0 Å². The second kappa shape index (κ2) is 6.73. The van der Waals surface area contributed by atoms with Crippen LogP contribution in [0, 0.1) is 6.92 Å². The van der Waals surface area contributed by atoms with Crippen molar-refractivity contribution in [3.63, 3.8) is 0 Å². The first-order valence-electron chi connectivity index (χ1n) is 6.01. The van der Waals surface area contributed by atoms with Gasteiger partial charge in [0.05, 0.1) is 0 Å². The molecule has 0 spiro atoms. The predicted octanol–water partition coefficient (Wildman–Crippen LogP) is 3.56. The number of hydrogen-bond donors (Lipinski definition) is 1. The van der Waals surface area contributed by atoms with E-state index in [0.717, 1.165) is 12.3 Å². The van der Waals surface area contributed by atoms with Crippen LogP contribution in [-0.4, -0.2) is 21.5 Å². The van der Waals surface area contributed by atoms with Gasteiger partial charge in [-0.3, -0.25) is 0 Å². The average Bonchev–Trinajstić information content (AvgIpc) is 2.37. The molecule has 4 nitrogen and oxygen atoms in total. The van der Waals surface area contributed by atoms with Gasteiger partial charge in [-0.05, 0) is 36.6 Å². The summed E-state index contributed by atoms with van der Waals surface area (Å²) in [6.07, 6.45) is 0. The van der Waals surface area contributed by atoms with E-state index >= 15 is 0 Å². The van der Waals surface area contributed by atoms with Crippen LogP contribution < -0.4 is 5.32 Å². The fourth-order valence-electron chi connectivity index (χ4n) is 1.55. The topological polar surface area (TPSA) is 50.7 Å². The van der Waals surface area contributed by atoms with E-state index in [1.165, 1.54) is 11.1 Å². The van der Waals surface area contributed by atoms with Crippen molar-refractivity contribution in [2.45, 2.75) is 24.8 Å². The first kappa shape index (κ1) is 14.1. The lowest BCUT2D eigenvalue weighted by atomic mass is 10.1. The molecule has 0 bridgehead atoms. The highest BCUT2D eigenvalue weighted by molar-refractivity contribution is 7.98. The van der Waals surface area contributed by atoms with E-state index in [0.29, 0.717) is 11.1 Å². The van der Waals surface area contributed by atoms with Gasteiger partial charge in [0.15, 0.2) is 5.16 Å². The first-order chi connectivity index (χ1) is 9.19. The molecular weight excluding hydrogens is 280 g/mol. The lowest BCUT2D eigenvalue weighted by Crippen LogP contribution is -2.04. The summed E-state index contributed by atoms with van der Waals surface area (Å²) in [5, 5.41) is 3.90. The van der Waals surface area contributed by atoms with Crippen LogP contribution in [0.2, 0.25) is 5.28 Å². The largest absolute Gasteiger partial charge is 0.354 e. The molecular formula is C13H15ClN4S. The number of rotatable bonds is 5. The van der Waals surface area contributed by atoms with E-state index in [1.54, 1.807) is 11.8 Å². The molecule has 2 rings (SSSR count). The smallest absolute Gasteiger partial charge is 0.228 e. The van der Waals surface area contributed by atoms with E-state index in [1.807, 2.05) is 19.1 Å². The van der Waals surface area contributed by atoms with Gasteiger partial charge in [-0.25, -0.2) is 0 Å². The number of aromatic nitrogens is 3. The standard InChI is InChI=1S/C13H15ClN4S/c1-3-15-12-16-11(14)17-13(18-12)19-8-10-7-5-4-6-9(10)2/h4-7H,3,8H2,1-2H3,(H,15,16,17,18). The maximum absolute atomic E-state index is 5.88. The quantitative estimate of drug-likeness (QED) is 0.855. The van der Waals surface area contributed by atoms with E-state index in [4.69, 9.17) is 11.6 Å². The molecule has 0 unspecified atom stereocenters. The lowest BCUT2D eigenvalue weighted by molar-refractivity contribution is 0.898. The van der Waals surface area contributed by atoms with Crippen LogP contribution in [0.1, 0.15) is 18.1 Å². The number of nitrogens with zero attached hydrogens (tertiary/aromatic N) is 3. The molecule has 1 aromatic heterocycles. The molecule has 1 N–H and O–H groups in total. The SMILES string of the molecule is CCNc1nc(Cl)nc(SCc2ccccc2C)n1. The average molecular weight is 295 g/mol. The van der Waals surface area contributed by atoms with Crippen molar-refractivity contribution in [1.29, 1.82) is 0 Å². The molecule has 19 heavy (non-hydrogen) atoms. The Morgan fingerprint density at radius 3 is 2.74 bits per heavy atom. The Labute approximate surface area is 122 Å². The Morgan fingerprint density at radius 2 is 2.00 bits per heavy atom. The van der Waals surface area contributed by atoms with Gasteiger partial charge in [0, 0.05) is 12.3 Å². The minimum absolute atomic E-state index is 0.221. The molecule has 0 atom stereocenters. The summed E-state index contributed by atoms with van der Waals surface area (Å²) in [4.78, 5) is 12.5. The van der Waals surface area contributed by atoms with Gasteiger partial charge in [-0.2, -0.15) is 15.0 Å². The van der Waals surface area contributed by atoms with Crippen LogP contribution in [0.25, 0.3) is 0 Å². The van der Waals surface area contributed by atoms with Crippen LogP contribution >= 0.6 is 23.4 Å². The number of thioether (sulfide) groups is 1. The molecule has 0 aliphatic carbocycles. The maximum Gasteiger partial charge on any atom is 0.228 e. The molecule has 6 heteroatoms. The Kier molecular flexibility index (Phi) is 4.99. The summed E-state index contributed by atoms with van der Waals surface area (Å²) in [6.45, 7) is 4.83. The van der Waals surface area contributed by atoms with Crippen LogP contribution in [0.5, 0.6) is 0 Å². The minimum Gasteiger partial charge on any atom is -0.354 e. The monoisotopic (exact) mass is 294 g/mol. The van der Waals surface area contributed by atoms with Crippen molar-refractivity contribution < 1.29 is 0 Å². The summed E-state index contributed by atoms with van der Waals surface area (Å²) in [6, 6.07) is 8.27. The van der Waals surface area contributed by atoms with E-state index < -0.39 is 0 Å². The summed E-state index contributed by atoms with van der Waals surface area (Å²) in [5.74, 6) is 1.34. The number of halogens is 1. The van der Waals surface area contributed by atoms with E-state index in [2.05, 4.69) is 39.3 Å². The number of hydrogen-bond acceptors (Lipinski definition) is 5. The van der Waals surface area contributed by atoms with E-state index in [9.17, 15) is 0 Å². The molecule has 2 aromatic rings. The summed E-state index contributed by atoms with van der Waals surface area (Å²) in [5.41, 5.74) is 2.54. The summed E-state index contributed by atoms with van der Waals surface area (Å²) < 4.78 is 0. The molecule has 0 amide bonds. The zero-order valence-corrected chi connectivity index (χ0v) is 12.4. The first-order valence-corrected chi connectivity index (χ1v) is 7.38. The molecule has 0 radical (unpaired) electrons. The van der Waals surface area contributed by atoms with Crippen LogP contribution in [-0.2, 0) is 5.75 Å².